The quantitative estimate of drug-likeness (QED) is 0.170. The Morgan fingerprint density at radius 3 is 1.00 bits per heavy atom. The van der Waals surface area contributed by atoms with Crippen LogP contribution in [0.15, 0.2) is 0 Å². The van der Waals surface area contributed by atoms with Crippen LogP contribution in [-0.2, 0) is 4.79 Å². The highest BCUT2D eigenvalue weighted by molar-refractivity contribution is 5.64. The van der Waals surface area contributed by atoms with Gasteiger partial charge in [-0.3, -0.25) is 4.79 Å². The van der Waals surface area contributed by atoms with Crippen LogP contribution < -0.4 is 0 Å². The van der Waals surface area contributed by atoms with Gasteiger partial charge in [0, 0.05) is 0 Å². The van der Waals surface area contributed by atoms with Gasteiger partial charge in [0.1, 0.15) is 0 Å². The van der Waals surface area contributed by atoms with Gasteiger partial charge in [-0.15, -0.1) is 0 Å². The molecule has 72 valence electrons. The van der Waals surface area contributed by atoms with Gasteiger partial charge in [0.05, 0.1) is 0 Å². The Morgan fingerprint density at radius 2 is 1.00 bits per heavy atom. The first-order valence-electron chi connectivity index (χ1n) is 2.59. The van der Waals surface area contributed by atoms with E-state index in [-0.39, 0.29) is 0 Å². The second-order valence-electron chi connectivity index (χ2n) is 2.16. The van der Waals surface area contributed by atoms with Crippen LogP contribution in [0.4, 0.5) is 0 Å². The van der Waals surface area contributed by atoms with Gasteiger partial charge in [-0.2, -0.15) is 0 Å². The second-order valence-corrected chi connectivity index (χ2v) is 2.16. The van der Waals surface area contributed by atoms with Crippen LogP contribution in [-0.4, -0.2) is 59.6 Å². The maximum Gasteiger partial charge on any atom is 0.321 e. The molecule has 0 aliphatic rings. The molecule has 0 bridgehead atoms. The third-order valence-electron chi connectivity index (χ3n) is 1.19. The van der Waals surface area contributed by atoms with E-state index in [1.807, 2.05) is 0 Å². The van der Waals surface area contributed by atoms with Crippen molar-refractivity contribution in [1.82, 2.24) is 0 Å². The second kappa shape index (κ2) is 2.71. The number of hydrogen-bond acceptors (Lipinski definition) is 8. The summed E-state index contributed by atoms with van der Waals surface area (Å²) in [6.07, 6.45) is -0.840. The molecule has 0 amide bonds. The minimum Gasteiger partial charge on any atom is -0.369 e. The average molecular weight is 184 g/mol. The molecular weight excluding hydrogens is 176 g/mol. The van der Waals surface area contributed by atoms with Gasteiger partial charge in [-0.25, -0.2) is 0 Å². The summed E-state index contributed by atoms with van der Waals surface area (Å²) in [5.74, 6) is -8.35. The van der Waals surface area contributed by atoms with Gasteiger partial charge in [0.2, 0.25) is 0 Å². The lowest BCUT2D eigenvalue weighted by atomic mass is 10.0. The van der Waals surface area contributed by atoms with E-state index in [1.54, 1.807) is 0 Å². The standard InChI is InChI=1S/C4H8O8/c5-1-2(6,3(7,8)9)4(10,11)12/h1,6-12H. The van der Waals surface area contributed by atoms with E-state index < -0.39 is 23.8 Å². The van der Waals surface area contributed by atoms with Crippen LogP contribution in [0.1, 0.15) is 0 Å². The molecule has 0 fully saturated rings. The normalized spacial score (nSPS) is 14.6. The zero-order chi connectivity index (χ0) is 10.2. The van der Waals surface area contributed by atoms with Gasteiger partial charge in [0.15, 0.2) is 6.29 Å². The highest BCUT2D eigenvalue weighted by Gasteiger charge is 2.62. The van der Waals surface area contributed by atoms with Gasteiger partial charge in [-0.05, 0) is 0 Å². The van der Waals surface area contributed by atoms with Crippen LogP contribution >= 0.6 is 0 Å². The lowest BCUT2D eigenvalue weighted by molar-refractivity contribution is -0.475. The zero-order valence-corrected chi connectivity index (χ0v) is 5.62. The molecule has 0 aromatic carbocycles. The van der Waals surface area contributed by atoms with E-state index in [0.717, 1.165) is 0 Å². The Labute approximate surface area is 65.6 Å². The predicted molar refractivity (Wildman–Crippen MR) is 29.8 cm³/mol. The molecule has 0 radical (unpaired) electrons. The van der Waals surface area contributed by atoms with Crippen molar-refractivity contribution in [2.75, 3.05) is 0 Å². The zero-order valence-electron chi connectivity index (χ0n) is 5.62. The molecule has 0 aromatic heterocycles. The Balaban J connectivity index is 5.09. The summed E-state index contributed by atoms with van der Waals surface area (Å²) < 4.78 is 0. The minimum absolute atomic E-state index is 0.840. The third-order valence-corrected chi connectivity index (χ3v) is 1.19. The summed E-state index contributed by atoms with van der Waals surface area (Å²) in [5, 5.41) is 58.0. The molecule has 0 rings (SSSR count). The number of aliphatic hydroxyl groups is 7. The summed E-state index contributed by atoms with van der Waals surface area (Å²) in [5.41, 5.74) is -3.93. The van der Waals surface area contributed by atoms with E-state index in [9.17, 15) is 4.79 Å². The molecule has 0 aliphatic heterocycles. The van der Waals surface area contributed by atoms with Crippen LogP contribution in [0.25, 0.3) is 0 Å². The molecule has 0 saturated heterocycles. The molecule has 8 nitrogen and oxygen atoms in total. The largest absolute Gasteiger partial charge is 0.369 e. The summed E-state index contributed by atoms with van der Waals surface area (Å²) in [4.78, 5) is 9.91. The lowest BCUT2D eigenvalue weighted by Crippen LogP contribution is -2.69. The molecule has 0 aromatic rings. The molecule has 0 unspecified atom stereocenters. The van der Waals surface area contributed by atoms with Gasteiger partial charge in [-0.1, -0.05) is 0 Å². The SMILES string of the molecule is O=CC(O)(C(O)(O)O)C(O)(O)O. The Hall–Kier alpha value is -0.610. The molecule has 7 N–H and O–H groups in total. The first-order valence-corrected chi connectivity index (χ1v) is 2.59. The van der Waals surface area contributed by atoms with Crippen LogP contribution in [0.3, 0.4) is 0 Å². The van der Waals surface area contributed by atoms with Crippen molar-refractivity contribution in [2.24, 2.45) is 0 Å². The van der Waals surface area contributed by atoms with Gasteiger partial charge in [0.25, 0.3) is 5.60 Å². The molecule has 12 heavy (non-hydrogen) atoms. The molecule has 8 heteroatoms. The third kappa shape index (κ3) is 1.59. The van der Waals surface area contributed by atoms with Gasteiger partial charge >= 0.3 is 11.9 Å². The van der Waals surface area contributed by atoms with Crippen molar-refractivity contribution in [3.63, 3.8) is 0 Å². The highest BCUT2D eigenvalue weighted by Crippen LogP contribution is 2.24. The Kier molecular flexibility index (Phi) is 2.57. The number of aldehydes is 1. The van der Waals surface area contributed by atoms with E-state index in [1.165, 1.54) is 0 Å². The maximum absolute atomic E-state index is 9.91. The monoisotopic (exact) mass is 184 g/mol. The summed E-state index contributed by atoms with van der Waals surface area (Å²) in [7, 11) is 0. The van der Waals surface area contributed by atoms with Crippen molar-refractivity contribution in [3.05, 3.63) is 0 Å². The smallest absolute Gasteiger partial charge is 0.321 e. The topological polar surface area (TPSA) is 159 Å². The fourth-order valence-corrected chi connectivity index (χ4v) is 0.383. The highest BCUT2D eigenvalue weighted by atomic mass is 16.7. The van der Waals surface area contributed by atoms with Crippen LogP contribution in [0, 0.1) is 0 Å². The summed E-state index contributed by atoms with van der Waals surface area (Å²) in [6, 6.07) is 0. The average Bonchev–Trinajstić information content (AvgIpc) is 1.81. The fraction of sp³-hybridized carbons (Fsp3) is 0.750. The number of carbonyl (C=O) groups is 1. The first kappa shape index (κ1) is 11.4. The predicted octanol–water partition coefficient (Wildman–Crippen LogP) is -4.82. The van der Waals surface area contributed by atoms with Crippen molar-refractivity contribution < 1.29 is 40.5 Å². The van der Waals surface area contributed by atoms with E-state index in [2.05, 4.69) is 0 Å². The van der Waals surface area contributed by atoms with Crippen molar-refractivity contribution >= 4 is 6.29 Å². The fourth-order valence-electron chi connectivity index (χ4n) is 0.383. The first-order chi connectivity index (χ1) is 5.06. The van der Waals surface area contributed by atoms with E-state index in [4.69, 9.17) is 35.7 Å². The Morgan fingerprint density at radius 1 is 0.750 bits per heavy atom. The number of rotatable bonds is 3. The lowest BCUT2D eigenvalue weighted by Gasteiger charge is -2.35. The molecule has 0 spiro atoms. The summed E-state index contributed by atoms with van der Waals surface area (Å²) >= 11 is 0. The van der Waals surface area contributed by atoms with Crippen LogP contribution in [0.2, 0.25) is 0 Å². The van der Waals surface area contributed by atoms with Gasteiger partial charge < -0.3 is 35.7 Å². The molecular formula is C4H8O8. The van der Waals surface area contributed by atoms with Crippen molar-refractivity contribution in [1.29, 1.82) is 0 Å². The molecule has 0 heterocycles. The maximum atomic E-state index is 9.91. The molecule has 0 saturated carbocycles. The summed E-state index contributed by atoms with van der Waals surface area (Å²) in [6.45, 7) is 0. The number of carbonyl (C=O) groups excluding carboxylic acids is 1. The number of hydrogen-bond donors (Lipinski definition) is 7. The van der Waals surface area contributed by atoms with E-state index in [0.29, 0.717) is 0 Å². The van der Waals surface area contributed by atoms with Crippen molar-refractivity contribution in [2.45, 2.75) is 17.5 Å². The Bertz CT molecular complexity index is 158. The molecule has 0 atom stereocenters. The van der Waals surface area contributed by atoms with Crippen LogP contribution in [0.5, 0.6) is 0 Å². The minimum atomic E-state index is -4.17. The van der Waals surface area contributed by atoms with Crippen molar-refractivity contribution in [3.8, 4) is 0 Å². The van der Waals surface area contributed by atoms with E-state index >= 15 is 0 Å². The molecule has 0 aliphatic carbocycles.